The molecule has 0 aromatic carbocycles. The van der Waals surface area contributed by atoms with Crippen molar-refractivity contribution in [3.8, 4) is 0 Å². The third-order valence-corrected chi connectivity index (χ3v) is 4.45. The maximum atomic E-state index is 12.3. The van der Waals surface area contributed by atoms with Crippen molar-refractivity contribution in [2.75, 3.05) is 24.5 Å². The van der Waals surface area contributed by atoms with Crippen LogP contribution in [0.1, 0.15) is 32.6 Å². The topological polar surface area (TPSA) is 76.3 Å². The number of unbranched alkanes of at least 4 members (excludes halogenated alkanes) is 1. The molecule has 1 aliphatic heterocycles. The Bertz CT molecular complexity index is 677. The van der Waals surface area contributed by atoms with E-state index in [1.165, 1.54) is 17.7 Å². The highest BCUT2D eigenvalue weighted by atomic mass is 16.2. The molecule has 1 N–H and O–H groups in total. The third-order valence-electron chi connectivity index (χ3n) is 4.45. The molecule has 1 fully saturated rings. The van der Waals surface area contributed by atoms with Crippen LogP contribution in [0.5, 0.6) is 0 Å². The van der Waals surface area contributed by atoms with Gasteiger partial charge in [0.1, 0.15) is 5.82 Å². The summed E-state index contributed by atoms with van der Waals surface area (Å²) in [5.41, 5.74) is -0.667. The van der Waals surface area contributed by atoms with Crippen LogP contribution in [0.25, 0.3) is 0 Å². The van der Waals surface area contributed by atoms with Crippen molar-refractivity contribution in [2.45, 2.75) is 32.6 Å². The van der Waals surface area contributed by atoms with E-state index in [4.69, 9.17) is 0 Å². The highest BCUT2D eigenvalue weighted by Crippen LogP contribution is 2.21. The number of rotatable bonds is 5. The van der Waals surface area contributed by atoms with Gasteiger partial charge in [-0.2, -0.15) is 0 Å². The van der Waals surface area contributed by atoms with Crippen molar-refractivity contribution >= 4 is 11.7 Å². The van der Waals surface area contributed by atoms with Gasteiger partial charge in [0.15, 0.2) is 0 Å². The second-order valence-electron chi connectivity index (χ2n) is 6.17. The van der Waals surface area contributed by atoms with Crippen LogP contribution in [-0.2, 0) is 18.9 Å². The van der Waals surface area contributed by atoms with Crippen LogP contribution in [0, 0.1) is 5.92 Å². The molecular formula is C16H26N4O3. The summed E-state index contributed by atoms with van der Waals surface area (Å²) >= 11 is 0. The Morgan fingerprint density at radius 1 is 1.30 bits per heavy atom. The fourth-order valence-electron chi connectivity index (χ4n) is 2.96. The average molecular weight is 322 g/mol. The lowest BCUT2D eigenvalue weighted by Gasteiger charge is -2.34. The molecule has 1 saturated heterocycles. The molecule has 1 aliphatic rings. The lowest BCUT2D eigenvalue weighted by Crippen LogP contribution is -2.46. The number of aromatic nitrogens is 2. The Hall–Kier alpha value is -2.05. The largest absolute Gasteiger partial charge is 0.357 e. The SMILES string of the molecule is CCCCNC(=O)C1CCCN(c2cc(=O)n(C)c(=O)n2C)C1. The van der Waals surface area contributed by atoms with Crippen LogP contribution < -0.4 is 21.5 Å². The zero-order valence-corrected chi connectivity index (χ0v) is 14.2. The quantitative estimate of drug-likeness (QED) is 0.787. The molecule has 0 bridgehead atoms. The highest BCUT2D eigenvalue weighted by Gasteiger charge is 2.27. The minimum atomic E-state index is -0.345. The predicted molar refractivity (Wildman–Crippen MR) is 89.8 cm³/mol. The van der Waals surface area contributed by atoms with E-state index >= 15 is 0 Å². The van der Waals surface area contributed by atoms with Gasteiger partial charge in [0, 0.05) is 39.8 Å². The Labute approximate surface area is 135 Å². The first-order valence-electron chi connectivity index (χ1n) is 8.25. The standard InChI is InChI=1S/C16H26N4O3/c1-4-5-8-17-15(22)12-7-6-9-20(11-12)13-10-14(21)19(3)16(23)18(13)2/h10,12H,4-9,11H2,1-3H3,(H,17,22). The molecule has 7 nitrogen and oxygen atoms in total. The van der Waals surface area contributed by atoms with Gasteiger partial charge >= 0.3 is 5.69 Å². The number of piperidine rings is 1. The van der Waals surface area contributed by atoms with Gasteiger partial charge in [0.25, 0.3) is 5.56 Å². The minimum Gasteiger partial charge on any atom is -0.357 e. The van der Waals surface area contributed by atoms with Crippen molar-refractivity contribution in [3.63, 3.8) is 0 Å². The highest BCUT2D eigenvalue weighted by molar-refractivity contribution is 5.79. The number of hydrogen-bond donors (Lipinski definition) is 1. The predicted octanol–water partition coefficient (Wildman–Crippen LogP) is 0.217. The zero-order chi connectivity index (χ0) is 17.0. The number of hydrogen-bond acceptors (Lipinski definition) is 4. The van der Waals surface area contributed by atoms with E-state index in [9.17, 15) is 14.4 Å². The van der Waals surface area contributed by atoms with Crippen LogP contribution in [-0.4, -0.2) is 34.7 Å². The number of nitrogens with one attached hydrogen (secondary N) is 1. The first-order chi connectivity index (χ1) is 11.0. The summed E-state index contributed by atoms with van der Waals surface area (Å²) in [5.74, 6) is 0.556. The molecule has 7 heteroatoms. The summed E-state index contributed by atoms with van der Waals surface area (Å²) in [6.45, 7) is 4.08. The maximum absolute atomic E-state index is 12.3. The molecule has 1 amide bonds. The van der Waals surface area contributed by atoms with Crippen LogP contribution in [0.15, 0.2) is 15.7 Å². The molecule has 1 aromatic rings. The number of amides is 1. The summed E-state index contributed by atoms with van der Waals surface area (Å²) < 4.78 is 2.56. The normalized spacial score (nSPS) is 18.0. The van der Waals surface area contributed by atoms with Crippen LogP contribution in [0.4, 0.5) is 5.82 Å². The molecule has 0 aliphatic carbocycles. The molecule has 0 radical (unpaired) electrons. The lowest BCUT2D eigenvalue weighted by atomic mass is 9.97. The van der Waals surface area contributed by atoms with E-state index in [0.717, 1.165) is 36.8 Å². The van der Waals surface area contributed by atoms with E-state index in [2.05, 4.69) is 12.2 Å². The maximum Gasteiger partial charge on any atom is 0.332 e. The molecule has 1 aromatic heterocycles. The van der Waals surface area contributed by atoms with Crippen LogP contribution >= 0.6 is 0 Å². The van der Waals surface area contributed by atoms with Gasteiger partial charge in [-0.3, -0.25) is 18.7 Å². The van der Waals surface area contributed by atoms with Crippen molar-refractivity contribution in [2.24, 2.45) is 20.0 Å². The lowest BCUT2D eigenvalue weighted by molar-refractivity contribution is -0.125. The number of carbonyl (C=O) groups is 1. The molecule has 1 unspecified atom stereocenters. The summed E-state index contributed by atoms with van der Waals surface area (Å²) in [4.78, 5) is 38.2. The average Bonchev–Trinajstić information content (AvgIpc) is 2.56. The summed E-state index contributed by atoms with van der Waals surface area (Å²) in [7, 11) is 3.12. The molecule has 0 spiro atoms. The monoisotopic (exact) mass is 322 g/mol. The molecule has 23 heavy (non-hydrogen) atoms. The Morgan fingerprint density at radius 2 is 2.04 bits per heavy atom. The van der Waals surface area contributed by atoms with Gasteiger partial charge in [-0.05, 0) is 19.3 Å². The Balaban J connectivity index is 2.14. The smallest absolute Gasteiger partial charge is 0.332 e. The van der Waals surface area contributed by atoms with E-state index < -0.39 is 0 Å². The van der Waals surface area contributed by atoms with E-state index in [0.29, 0.717) is 18.9 Å². The third kappa shape index (κ3) is 3.83. The van der Waals surface area contributed by atoms with Crippen molar-refractivity contribution in [1.82, 2.24) is 14.5 Å². The molecule has 1 atom stereocenters. The summed E-state index contributed by atoms with van der Waals surface area (Å²) in [6, 6.07) is 1.47. The van der Waals surface area contributed by atoms with Crippen LogP contribution in [0.2, 0.25) is 0 Å². The first kappa shape index (κ1) is 17.3. The van der Waals surface area contributed by atoms with Gasteiger partial charge < -0.3 is 10.2 Å². The number of carbonyl (C=O) groups excluding carboxylic acids is 1. The van der Waals surface area contributed by atoms with Gasteiger partial charge in [0.2, 0.25) is 5.91 Å². The second kappa shape index (κ2) is 7.48. The summed E-state index contributed by atoms with van der Waals surface area (Å²) in [5, 5.41) is 2.97. The molecule has 2 heterocycles. The van der Waals surface area contributed by atoms with Crippen molar-refractivity contribution in [3.05, 3.63) is 26.9 Å². The Kier molecular flexibility index (Phi) is 5.63. The van der Waals surface area contributed by atoms with E-state index in [1.54, 1.807) is 7.05 Å². The van der Waals surface area contributed by atoms with Gasteiger partial charge in [-0.25, -0.2) is 4.79 Å². The first-order valence-corrected chi connectivity index (χ1v) is 8.25. The number of nitrogens with zero attached hydrogens (tertiary/aromatic N) is 3. The van der Waals surface area contributed by atoms with E-state index in [-0.39, 0.29) is 23.1 Å². The van der Waals surface area contributed by atoms with Crippen LogP contribution in [0.3, 0.4) is 0 Å². The van der Waals surface area contributed by atoms with Gasteiger partial charge in [-0.1, -0.05) is 13.3 Å². The summed E-state index contributed by atoms with van der Waals surface area (Å²) in [6.07, 6.45) is 3.74. The fourth-order valence-corrected chi connectivity index (χ4v) is 2.96. The zero-order valence-electron chi connectivity index (χ0n) is 14.2. The molecule has 2 rings (SSSR count). The van der Waals surface area contributed by atoms with Crippen molar-refractivity contribution < 1.29 is 4.79 Å². The second-order valence-corrected chi connectivity index (χ2v) is 6.17. The minimum absolute atomic E-state index is 0.0667. The van der Waals surface area contributed by atoms with Gasteiger partial charge in [-0.15, -0.1) is 0 Å². The Morgan fingerprint density at radius 3 is 2.74 bits per heavy atom. The molecular weight excluding hydrogens is 296 g/mol. The van der Waals surface area contributed by atoms with Gasteiger partial charge in [0.05, 0.1) is 5.92 Å². The molecule has 0 saturated carbocycles. The fraction of sp³-hybridized carbons (Fsp3) is 0.688. The molecule has 128 valence electrons. The number of anilines is 1. The van der Waals surface area contributed by atoms with Crippen molar-refractivity contribution in [1.29, 1.82) is 0 Å². The van der Waals surface area contributed by atoms with E-state index in [1.807, 2.05) is 4.90 Å².